The van der Waals surface area contributed by atoms with Crippen molar-refractivity contribution < 1.29 is 4.79 Å². The van der Waals surface area contributed by atoms with Gasteiger partial charge >= 0.3 is 0 Å². The highest BCUT2D eigenvalue weighted by Gasteiger charge is 2.16. The van der Waals surface area contributed by atoms with Crippen LogP contribution in [-0.4, -0.2) is 32.4 Å². The molecule has 0 aliphatic carbocycles. The summed E-state index contributed by atoms with van der Waals surface area (Å²) in [5.74, 6) is 0.367. The van der Waals surface area contributed by atoms with E-state index in [1.54, 1.807) is 12.2 Å². The minimum atomic E-state index is -0.412. The highest BCUT2D eigenvalue weighted by Crippen LogP contribution is 2.24. The summed E-state index contributed by atoms with van der Waals surface area (Å²) in [5.41, 5.74) is 12.8. The van der Waals surface area contributed by atoms with Gasteiger partial charge in [0.1, 0.15) is 5.52 Å². The van der Waals surface area contributed by atoms with Crippen LogP contribution in [0.1, 0.15) is 6.42 Å². The van der Waals surface area contributed by atoms with Crippen LogP contribution in [0.3, 0.4) is 0 Å². The van der Waals surface area contributed by atoms with Gasteiger partial charge in [0.15, 0.2) is 11.5 Å². The largest absolute Gasteiger partial charge is 0.368 e. The van der Waals surface area contributed by atoms with E-state index in [9.17, 15) is 4.79 Å². The van der Waals surface area contributed by atoms with Crippen molar-refractivity contribution in [3.63, 3.8) is 0 Å². The Hall–Kier alpha value is -2.90. The number of nitrogens with two attached hydrogens (primary N) is 2. The summed E-state index contributed by atoms with van der Waals surface area (Å²) < 4.78 is 0. The summed E-state index contributed by atoms with van der Waals surface area (Å²) in [6.45, 7) is 0.565. The zero-order valence-corrected chi connectivity index (χ0v) is 10.6. The smallest absolute Gasteiger partial charge is 0.244 e. The number of amides is 1. The number of aromatic amines is 1. The summed E-state index contributed by atoms with van der Waals surface area (Å²) in [5, 5.41) is 0. The summed E-state index contributed by atoms with van der Waals surface area (Å²) >= 11 is 0. The standard InChI is InChI=1S/C12H13N7O/c13-9(20)7-2-1-4-19(5-3-7)11-8-10(16-6-15-8)17-12(14)18-11/h1-2,4,6H,3,5H2,(H2,13,20)(H3,14,15,16,17,18). The number of aromatic nitrogens is 4. The Morgan fingerprint density at radius 1 is 1.40 bits per heavy atom. The van der Waals surface area contributed by atoms with Gasteiger partial charge < -0.3 is 21.4 Å². The Morgan fingerprint density at radius 3 is 3.05 bits per heavy atom. The molecule has 1 aliphatic heterocycles. The predicted octanol–water partition coefficient (Wildman–Crippen LogP) is 0.0706. The molecule has 0 saturated carbocycles. The molecule has 0 bridgehead atoms. The maximum atomic E-state index is 11.2. The third-order valence-electron chi connectivity index (χ3n) is 3.06. The molecule has 8 heteroatoms. The second-order valence-corrected chi connectivity index (χ2v) is 4.35. The lowest BCUT2D eigenvalue weighted by molar-refractivity contribution is -0.114. The average molecular weight is 271 g/mol. The lowest BCUT2D eigenvalue weighted by Gasteiger charge is -2.18. The van der Waals surface area contributed by atoms with Gasteiger partial charge in [-0.15, -0.1) is 0 Å². The second-order valence-electron chi connectivity index (χ2n) is 4.35. The van der Waals surface area contributed by atoms with Gasteiger partial charge in [-0.1, -0.05) is 6.08 Å². The van der Waals surface area contributed by atoms with Crippen LogP contribution < -0.4 is 16.4 Å². The summed E-state index contributed by atoms with van der Waals surface area (Å²) in [7, 11) is 0. The van der Waals surface area contributed by atoms with E-state index in [-0.39, 0.29) is 5.95 Å². The molecule has 0 aromatic carbocycles. The first kappa shape index (κ1) is 12.2. The normalized spacial score (nSPS) is 15.2. The Kier molecular flexibility index (Phi) is 2.82. The minimum absolute atomic E-state index is 0.153. The number of fused-ring (bicyclic) bond motifs is 1. The number of anilines is 2. The molecule has 5 N–H and O–H groups in total. The van der Waals surface area contributed by atoms with Crippen LogP contribution in [0.15, 0.2) is 30.3 Å². The summed E-state index contributed by atoms with van der Waals surface area (Å²) in [6.07, 6.45) is 7.35. The van der Waals surface area contributed by atoms with Gasteiger partial charge in [-0.25, -0.2) is 4.98 Å². The number of carbonyl (C=O) groups excluding carboxylic acids is 1. The number of allylic oxidation sites excluding steroid dienone is 2. The molecule has 0 spiro atoms. The van der Waals surface area contributed by atoms with E-state index in [1.807, 2.05) is 11.1 Å². The molecule has 8 nitrogen and oxygen atoms in total. The molecule has 1 amide bonds. The topological polar surface area (TPSA) is 127 Å². The molecule has 0 unspecified atom stereocenters. The molecule has 2 aromatic rings. The number of nitrogens with zero attached hydrogens (tertiary/aromatic N) is 4. The third kappa shape index (κ3) is 2.07. The minimum Gasteiger partial charge on any atom is -0.368 e. The van der Waals surface area contributed by atoms with Crippen LogP contribution in [0.25, 0.3) is 11.2 Å². The van der Waals surface area contributed by atoms with E-state index in [0.29, 0.717) is 35.5 Å². The predicted molar refractivity (Wildman–Crippen MR) is 74.5 cm³/mol. The Balaban J connectivity index is 1.97. The number of imidazole rings is 1. The van der Waals surface area contributed by atoms with Crippen molar-refractivity contribution in [2.75, 3.05) is 17.2 Å². The number of hydrogen-bond acceptors (Lipinski definition) is 6. The van der Waals surface area contributed by atoms with Crippen molar-refractivity contribution in [3.8, 4) is 0 Å². The number of H-pyrrole nitrogens is 1. The van der Waals surface area contributed by atoms with Gasteiger partial charge in [0.05, 0.1) is 6.33 Å². The molecule has 0 radical (unpaired) electrons. The van der Waals surface area contributed by atoms with E-state index in [4.69, 9.17) is 11.5 Å². The third-order valence-corrected chi connectivity index (χ3v) is 3.06. The first-order valence-corrected chi connectivity index (χ1v) is 6.05. The van der Waals surface area contributed by atoms with Gasteiger partial charge in [0.2, 0.25) is 11.9 Å². The number of primary amides is 1. The molecule has 0 atom stereocenters. The number of carbonyl (C=O) groups is 1. The molecule has 102 valence electrons. The SMILES string of the molecule is NC(=O)C1=CC=CN(c2nc(N)nc3nc[nH]c23)CC1. The zero-order chi connectivity index (χ0) is 14.1. The lowest BCUT2D eigenvalue weighted by Crippen LogP contribution is -2.22. The molecule has 1 aliphatic rings. The van der Waals surface area contributed by atoms with Gasteiger partial charge in [-0.2, -0.15) is 9.97 Å². The lowest BCUT2D eigenvalue weighted by atomic mass is 10.1. The van der Waals surface area contributed by atoms with Crippen LogP contribution in [0, 0.1) is 0 Å². The summed E-state index contributed by atoms with van der Waals surface area (Å²) in [6, 6.07) is 0. The summed E-state index contributed by atoms with van der Waals surface area (Å²) in [4.78, 5) is 28.4. The van der Waals surface area contributed by atoms with Crippen LogP contribution in [-0.2, 0) is 4.79 Å². The Bertz CT molecular complexity index is 730. The number of nitrogens with one attached hydrogen (secondary N) is 1. The van der Waals surface area contributed by atoms with Gasteiger partial charge in [0.25, 0.3) is 0 Å². The van der Waals surface area contributed by atoms with Gasteiger partial charge in [-0.05, 0) is 12.5 Å². The molecular formula is C12H13N7O. The number of hydrogen-bond donors (Lipinski definition) is 3. The first-order chi connectivity index (χ1) is 9.65. The second kappa shape index (κ2) is 4.65. The molecule has 2 aromatic heterocycles. The van der Waals surface area contributed by atoms with Crippen molar-refractivity contribution in [1.82, 2.24) is 19.9 Å². The highest BCUT2D eigenvalue weighted by molar-refractivity contribution is 5.92. The van der Waals surface area contributed by atoms with E-state index >= 15 is 0 Å². The van der Waals surface area contributed by atoms with Crippen molar-refractivity contribution in [1.29, 1.82) is 0 Å². The van der Waals surface area contributed by atoms with Crippen molar-refractivity contribution in [3.05, 3.63) is 30.3 Å². The highest BCUT2D eigenvalue weighted by atomic mass is 16.1. The number of nitrogen functional groups attached to an aromatic ring is 1. The molecule has 3 rings (SSSR count). The van der Waals surface area contributed by atoms with Gasteiger partial charge in [-0.3, -0.25) is 4.79 Å². The van der Waals surface area contributed by atoms with E-state index in [0.717, 1.165) is 0 Å². The van der Waals surface area contributed by atoms with E-state index < -0.39 is 5.91 Å². The van der Waals surface area contributed by atoms with Crippen molar-refractivity contribution in [2.45, 2.75) is 6.42 Å². The van der Waals surface area contributed by atoms with Crippen molar-refractivity contribution >= 4 is 28.8 Å². The Labute approximate surface area is 114 Å². The molecule has 20 heavy (non-hydrogen) atoms. The fourth-order valence-corrected chi connectivity index (χ4v) is 2.09. The number of rotatable bonds is 2. The maximum absolute atomic E-state index is 11.2. The fourth-order valence-electron chi connectivity index (χ4n) is 2.09. The Morgan fingerprint density at radius 2 is 2.25 bits per heavy atom. The maximum Gasteiger partial charge on any atom is 0.244 e. The van der Waals surface area contributed by atoms with E-state index in [1.165, 1.54) is 6.33 Å². The van der Waals surface area contributed by atoms with Gasteiger partial charge in [0, 0.05) is 18.3 Å². The van der Waals surface area contributed by atoms with Crippen LogP contribution >= 0.6 is 0 Å². The zero-order valence-electron chi connectivity index (χ0n) is 10.6. The average Bonchev–Trinajstić information content (AvgIpc) is 2.73. The molecular weight excluding hydrogens is 258 g/mol. The first-order valence-electron chi connectivity index (χ1n) is 6.05. The quantitative estimate of drug-likeness (QED) is 0.709. The van der Waals surface area contributed by atoms with E-state index in [2.05, 4.69) is 19.9 Å². The monoisotopic (exact) mass is 271 g/mol. The molecule has 0 fully saturated rings. The van der Waals surface area contributed by atoms with Crippen LogP contribution in [0.4, 0.5) is 11.8 Å². The molecule has 0 saturated heterocycles. The molecule has 3 heterocycles. The van der Waals surface area contributed by atoms with Crippen LogP contribution in [0.2, 0.25) is 0 Å². The fraction of sp³-hybridized carbons (Fsp3) is 0.167. The van der Waals surface area contributed by atoms with Crippen LogP contribution in [0.5, 0.6) is 0 Å². The van der Waals surface area contributed by atoms with Crippen molar-refractivity contribution in [2.24, 2.45) is 5.73 Å².